The third-order valence-electron chi connectivity index (χ3n) is 2.70. The van der Waals surface area contributed by atoms with E-state index in [0.717, 1.165) is 12.1 Å². The first kappa shape index (κ1) is 10.6. The van der Waals surface area contributed by atoms with Gasteiger partial charge in [0, 0.05) is 9.68 Å². The van der Waals surface area contributed by atoms with Gasteiger partial charge in [0.25, 0.3) is 0 Å². The Kier molecular flexibility index (Phi) is 2.51. The van der Waals surface area contributed by atoms with Crippen molar-refractivity contribution in [3.8, 4) is 11.5 Å². The van der Waals surface area contributed by atoms with E-state index in [4.69, 9.17) is 18.7 Å². The Hall–Kier alpha value is -2.18. The monoisotopic (exact) mass is 291 g/mol. The maximum atomic E-state index is 13.0. The van der Waals surface area contributed by atoms with Crippen LogP contribution in [0.2, 0.25) is 0 Å². The molecule has 0 saturated carbocycles. The number of hydrogen-bond donors (Lipinski definition) is 1. The van der Waals surface area contributed by atoms with Crippen molar-refractivity contribution in [1.29, 1.82) is 0 Å². The number of carbonyl (C=O) groups is 1. The van der Waals surface area contributed by atoms with Gasteiger partial charge < -0.3 is 14.6 Å². The van der Waals surface area contributed by atoms with E-state index < -0.39 is 42.0 Å². The van der Waals surface area contributed by atoms with Gasteiger partial charge in [0.15, 0.2) is 0 Å². The lowest BCUT2D eigenvalue weighted by molar-refractivity contribution is -0.187. The molecule has 0 saturated heterocycles. The molecule has 1 aromatic rings. The first-order valence-corrected chi connectivity index (χ1v) is 5.36. The van der Waals surface area contributed by atoms with E-state index in [1.165, 1.54) is 13.2 Å². The Balaban J connectivity index is 2.72. The number of halogens is 3. The highest BCUT2D eigenvalue weighted by Gasteiger charge is 2.48. The van der Waals surface area contributed by atoms with Crippen molar-refractivity contribution >= 4 is 12.0 Å². The average Bonchev–Trinajstić information content (AvgIpc) is 2.42. The smallest absolute Gasteiger partial charge is 0.430 e. The van der Waals surface area contributed by atoms with Crippen LogP contribution in [-0.2, 0) is 4.79 Å². The predicted molar refractivity (Wildman–Crippen MR) is 63.8 cm³/mol. The molecule has 1 aliphatic heterocycles. The second-order valence-electron chi connectivity index (χ2n) is 4.04. The standard InChI is InChI=1S/C13H11F3O4/c1-6-3-8(19-2)4-7-5-9(12(17)18)11(13(14,15)16)20-10(6)7/h3-5,11H,1-2H3,(H,17,18)/t11-/m0/s1/i1D3. The number of methoxy groups -OCH3 is 1. The lowest BCUT2D eigenvalue weighted by atomic mass is 9.99. The third-order valence-corrected chi connectivity index (χ3v) is 2.70. The number of aliphatic carboxylic acids is 1. The number of fused-ring (bicyclic) bond motifs is 1. The first-order chi connectivity index (χ1) is 10.4. The summed E-state index contributed by atoms with van der Waals surface area (Å²) in [4.78, 5) is 11.1. The van der Waals surface area contributed by atoms with Gasteiger partial charge in [-0.2, -0.15) is 13.2 Å². The van der Waals surface area contributed by atoms with Crippen molar-refractivity contribution in [1.82, 2.24) is 0 Å². The van der Waals surface area contributed by atoms with Gasteiger partial charge in [0.2, 0.25) is 6.10 Å². The molecule has 108 valence electrons. The molecule has 0 aliphatic carbocycles. The Morgan fingerprint density at radius 3 is 2.70 bits per heavy atom. The van der Waals surface area contributed by atoms with E-state index in [9.17, 15) is 18.0 Å². The molecule has 1 N–H and O–H groups in total. The maximum Gasteiger partial charge on any atom is 0.430 e. The first-order valence-electron chi connectivity index (χ1n) is 6.86. The van der Waals surface area contributed by atoms with Gasteiger partial charge in [-0.25, -0.2) is 4.79 Å². The molecule has 20 heavy (non-hydrogen) atoms. The Morgan fingerprint density at radius 1 is 1.50 bits per heavy atom. The molecule has 0 amide bonds. The summed E-state index contributed by atoms with van der Waals surface area (Å²) in [6.45, 7) is -2.76. The summed E-state index contributed by atoms with van der Waals surface area (Å²) in [6.07, 6.45) is -7.01. The van der Waals surface area contributed by atoms with Crippen molar-refractivity contribution in [3.63, 3.8) is 0 Å². The highest BCUT2D eigenvalue weighted by Crippen LogP contribution is 2.40. The number of ether oxygens (including phenoxy) is 2. The van der Waals surface area contributed by atoms with E-state index in [1.54, 1.807) is 0 Å². The predicted octanol–water partition coefficient (Wildman–Crippen LogP) is 2.79. The van der Waals surface area contributed by atoms with Gasteiger partial charge in [-0.3, -0.25) is 0 Å². The van der Waals surface area contributed by atoms with E-state index in [1.807, 2.05) is 0 Å². The molecule has 0 fully saturated rings. The molecule has 1 atom stereocenters. The topological polar surface area (TPSA) is 55.8 Å². The van der Waals surface area contributed by atoms with Crippen LogP contribution in [-0.4, -0.2) is 30.5 Å². The van der Waals surface area contributed by atoms with Crippen LogP contribution in [0.25, 0.3) is 6.08 Å². The fourth-order valence-electron chi connectivity index (χ4n) is 1.82. The van der Waals surface area contributed by atoms with Crippen molar-refractivity contribution in [2.24, 2.45) is 0 Å². The summed E-state index contributed by atoms with van der Waals surface area (Å²) in [5.74, 6) is -2.28. The van der Waals surface area contributed by atoms with Gasteiger partial charge in [-0.1, -0.05) is 0 Å². The molecule has 0 radical (unpaired) electrons. The molecule has 7 heteroatoms. The SMILES string of the molecule is [2H]C([2H])([2H])c1cc(OC)cc2c1O[C@H](C(F)(F)F)C(C(=O)O)=C2. The summed E-state index contributed by atoms with van der Waals surface area (Å²) < 4.78 is 71.0. The van der Waals surface area contributed by atoms with E-state index in [-0.39, 0.29) is 11.3 Å². The molecule has 0 unspecified atom stereocenters. The largest absolute Gasteiger partial charge is 0.497 e. The molecule has 2 rings (SSSR count). The van der Waals surface area contributed by atoms with Crippen molar-refractivity contribution in [2.75, 3.05) is 7.11 Å². The minimum absolute atomic E-state index is 0.0601. The van der Waals surface area contributed by atoms with E-state index in [0.29, 0.717) is 0 Å². The zero-order valence-electron chi connectivity index (χ0n) is 13.1. The molecule has 4 nitrogen and oxygen atoms in total. The lowest BCUT2D eigenvalue weighted by Gasteiger charge is -2.28. The summed E-state index contributed by atoms with van der Waals surface area (Å²) in [6, 6.07) is 2.25. The number of carboxylic acid groups (broad SMARTS) is 1. The fourth-order valence-corrected chi connectivity index (χ4v) is 1.82. The van der Waals surface area contributed by atoms with Gasteiger partial charge in [-0.15, -0.1) is 0 Å². The molecular formula is C13H11F3O4. The van der Waals surface area contributed by atoms with Crippen LogP contribution in [0.15, 0.2) is 17.7 Å². The summed E-state index contributed by atoms with van der Waals surface area (Å²) in [5, 5.41) is 8.96. The number of rotatable bonds is 2. The summed E-state index contributed by atoms with van der Waals surface area (Å²) in [5.41, 5.74) is -1.62. The number of hydrogen-bond acceptors (Lipinski definition) is 3. The van der Waals surface area contributed by atoms with E-state index in [2.05, 4.69) is 0 Å². The van der Waals surface area contributed by atoms with Gasteiger partial charge >= 0.3 is 12.1 Å². The molecule has 1 heterocycles. The molecular weight excluding hydrogens is 277 g/mol. The van der Waals surface area contributed by atoms with Gasteiger partial charge in [0.05, 0.1) is 12.7 Å². The molecule has 1 aromatic carbocycles. The van der Waals surface area contributed by atoms with Crippen LogP contribution < -0.4 is 9.47 Å². The highest BCUT2D eigenvalue weighted by atomic mass is 19.4. The average molecular weight is 291 g/mol. The van der Waals surface area contributed by atoms with Crippen molar-refractivity contribution < 1.29 is 36.7 Å². The maximum absolute atomic E-state index is 13.0. The number of benzene rings is 1. The summed E-state index contributed by atoms with van der Waals surface area (Å²) >= 11 is 0. The number of aryl methyl sites for hydroxylation is 1. The van der Waals surface area contributed by atoms with Crippen LogP contribution in [0.3, 0.4) is 0 Å². The summed E-state index contributed by atoms with van der Waals surface area (Å²) in [7, 11) is 1.25. The quantitative estimate of drug-likeness (QED) is 0.910. The molecule has 0 bridgehead atoms. The molecule has 0 spiro atoms. The number of carboxylic acids is 1. The normalized spacial score (nSPS) is 20.7. The van der Waals surface area contributed by atoms with Gasteiger partial charge in [-0.05, 0) is 30.6 Å². The second-order valence-corrected chi connectivity index (χ2v) is 4.04. The van der Waals surface area contributed by atoms with Gasteiger partial charge in [0.1, 0.15) is 11.5 Å². The second kappa shape index (κ2) is 4.73. The van der Waals surface area contributed by atoms with Crippen LogP contribution in [0.1, 0.15) is 15.2 Å². The fraction of sp³-hybridized carbons (Fsp3) is 0.308. The van der Waals surface area contributed by atoms with Crippen molar-refractivity contribution in [3.05, 3.63) is 28.8 Å². The Labute approximate surface area is 116 Å². The minimum atomic E-state index is -5.01. The molecule has 1 aliphatic rings. The Morgan fingerprint density at radius 2 is 2.20 bits per heavy atom. The minimum Gasteiger partial charge on any atom is -0.497 e. The van der Waals surface area contributed by atoms with Crippen LogP contribution in [0.5, 0.6) is 11.5 Å². The Bertz CT molecular complexity index is 680. The van der Waals surface area contributed by atoms with Crippen molar-refractivity contribution in [2.45, 2.75) is 19.1 Å². The molecule has 0 aromatic heterocycles. The van der Waals surface area contributed by atoms with Crippen LogP contribution in [0.4, 0.5) is 13.2 Å². The third kappa shape index (κ3) is 2.43. The van der Waals surface area contributed by atoms with E-state index >= 15 is 0 Å². The lowest BCUT2D eigenvalue weighted by Crippen LogP contribution is -2.40. The zero-order valence-corrected chi connectivity index (χ0v) is 10.1. The number of alkyl halides is 3. The van der Waals surface area contributed by atoms with Crippen LogP contribution >= 0.6 is 0 Å². The van der Waals surface area contributed by atoms with Crippen LogP contribution in [0, 0.1) is 6.85 Å². The zero-order chi connectivity index (χ0) is 17.6. The highest BCUT2D eigenvalue weighted by molar-refractivity contribution is 5.95.